The fraction of sp³-hybridized carbons (Fsp3) is 0.609. The summed E-state index contributed by atoms with van der Waals surface area (Å²) >= 11 is 0. The van der Waals surface area contributed by atoms with Crippen LogP contribution in [0, 0.1) is 17.8 Å². The highest BCUT2D eigenvalue weighted by Gasteiger charge is 2.30. The highest BCUT2D eigenvalue weighted by atomic mass is 19.3. The van der Waals surface area contributed by atoms with E-state index in [1.54, 1.807) is 18.2 Å². The second kappa shape index (κ2) is 10.0. The quantitative estimate of drug-likeness (QED) is 0.546. The number of carbonyl (C=O) groups is 1. The van der Waals surface area contributed by atoms with Crippen molar-refractivity contribution >= 4 is 5.97 Å². The molecule has 3 nitrogen and oxygen atoms in total. The van der Waals surface area contributed by atoms with Crippen LogP contribution in [-0.2, 0) is 4.79 Å². The zero-order chi connectivity index (χ0) is 19.9. The normalized spacial score (nSPS) is 28.5. The van der Waals surface area contributed by atoms with E-state index in [1.165, 1.54) is 44.1 Å². The fourth-order valence-electron chi connectivity index (χ4n) is 5.02. The number of hydrogen-bond acceptors (Lipinski definition) is 2. The van der Waals surface area contributed by atoms with Crippen molar-refractivity contribution in [3.8, 4) is 5.75 Å². The Balaban J connectivity index is 1.42. The Morgan fingerprint density at radius 3 is 2.11 bits per heavy atom. The number of ether oxygens (including phenoxy) is 1. The number of benzene rings is 1. The van der Waals surface area contributed by atoms with Gasteiger partial charge in [0.15, 0.2) is 0 Å². The Bertz CT molecular complexity index is 640. The van der Waals surface area contributed by atoms with Gasteiger partial charge in [0.1, 0.15) is 5.75 Å². The van der Waals surface area contributed by atoms with Crippen molar-refractivity contribution in [2.45, 2.75) is 70.3 Å². The number of hydrogen-bond donors (Lipinski definition) is 1. The van der Waals surface area contributed by atoms with Gasteiger partial charge in [-0.05, 0) is 92.7 Å². The Morgan fingerprint density at radius 2 is 1.57 bits per heavy atom. The lowest BCUT2D eigenvalue weighted by Crippen LogP contribution is -2.25. The van der Waals surface area contributed by atoms with Gasteiger partial charge in [0.2, 0.25) is 0 Å². The van der Waals surface area contributed by atoms with Crippen molar-refractivity contribution in [1.29, 1.82) is 0 Å². The number of rotatable bonds is 7. The molecule has 2 fully saturated rings. The molecule has 0 aromatic heterocycles. The molecule has 0 radical (unpaired) electrons. The minimum Gasteiger partial charge on any atom is -0.481 e. The molecule has 2 aliphatic carbocycles. The third-order valence-corrected chi connectivity index (χ3v) is 6.53. The van der Waals surface area contributed by atoms with E-state index < -0.39 is 12.6 Å². The van der Waals surface area contributed by atoms with Crippen molar-refractivity contribution in [3.05, 3.63) is 42.0 Å². The molecule has 1 aromatic rings. The molecule has 0 spiro atoms. The van der Waals surface area contributed by atoms with Crippen molar-refractivity contribution in [3.63, 3.8) is 0 Å². The van der Waals surface area contributed by atoms with E-state index in [1.807, 2.05) is 12.1 Å². The van der Waals surface area contributed by atoms with Gasteiger partial charge in [-0.2, -0.15) is 8.78 Å². The summed E-state index contributed by atoms with van der Waals surface area (Å²) in [4.78, 5) is 10.6. The first-order valence-electron chi connectivity index (χ1n) is 10.4. The van der Waals surface area contributed by atoms with Crippen LogP contribution in [0.2, 0.25) is 0 Å². The average Bonchev–Trinajstić information content (AvgIpc) is 2.69. The standard InChI is InChI=1S/C23H30F2O3/c24-23(25)28-21-14-12-20(13-15-21)19-10-8-18(9-11-19)17-6-4-16(5-7-17)2-1-3-22(26)27/h1-2,12-19,23H,3-11H2,(H,26,27)/t16-,17-,18-,19-. The van der Waals surface area contributed by atoms with Crippen LogP contribution in [0.1, 0.15) is 69.3 Å². The maximum atomic E-state index is 12.3. The van der Waals surface area contributed by atoms with Crippen molar-refractivity contribution in [2.75, 3.05) is 0 Å². The summed E-state index contributed by atoms with van der Waals surface area (Å²) < 4.78 is 29.0. The first-order chi connectivity index (χ1) is 13.5. The highest BCUT2D eigenvalue weighted by Crippen LogP contribution is 2.44. The second-order valence-electron chi connectivity index (χ2n) is 8.26. The molecule has 1 aromatic carbocycles. The molecule has 2 aliphatic rings. The number of aliphatic carboxylic acids is 1. The number of carboxylic acids is 1. The van der Waals surface area contributed by atoms with E-state index in [4.69, 9.17) is 5.11 Å². The second-order valence-corrected chi connectivity index (χ2v) is 8.26. The van der Waals surface area contributed by atoms with E-state index in [-0.39, 0.29) is 12.2 Å². The number of allylic oxidation sites excluding steroid dienone is 1. The maximum Gasteiger partial charge on any atom is 0.387 e. The summed E-state index contributed by atoms with van der Waals surface area (Å²) in [5, 5.41) is 8.72. The van der Waals surface area contributed by atoms with E-state index >= 15 is 0 Å². The molecule has 0 aliphatic heterocycles. The summed E-state index contributed by atoms with van der Waals surface area (Å²) in [5.41, 5.74) is 1.23. The van der Waals surface area contributed by atoms with E-state index in [9.17, 15) is 13.6 Å². The van der Waals surface area contributed by atoms with Gasteiger partial charge < -0.3 is 9.84 Å². The first-order valence-corrected chi connectivity index (χ1v) is 10.4. The van der Waals surface area contributed by atoms with E-state index in [0.29, 0.717) is 11.8 Å². The third-order valence-electron chi connectivity index (χ3n) is 6.53. The number of carboxylic acid groups (broad SMARTS) is 1. The van der Waals surface area contributed by atoms with E-state index in [0.717, 1.165) is 24.7 Å². The van der Waals surface area contributed by atoms with Crippen LogP contribution in [0.4, 0.5) is 8.78 Å². The lowest BCUT2D eigenvalue weighted by molar-refractivity contribution is -0.136. The molecule has 0 atom stereocenters. The molecule has 0 amide bonds. The van der Waals surface area contributed by atoms with Gasteiger partial charge in [0.25, 0.3) is 0 Å². The fourth-order valence-corrected chi connectivity index (χ4v) is 5.02. The predicted octanol–water partition coefficient (Wildman–Crippen LogP) is 6.40. The lowest BCUT2D eigenvalue weighted by Gasteiger charge is -2.37. The van der Waals surface area contributed by atoms with Crippen LogP contribution in [0.25, 0.3) is 0 Å². The molecule has 154 valence electrons. The van der Waals surface area contributed by atoms with Gasteiger partial charge in [0.05, 0.1) is 6.42 Å². The van der Waals surface area contributed by atoms with Crippen molar-refractivity contribution in [1.82, 2.24) is 0 Å². The molecule has 28 heavy (non-hydrogen) atoms. The summed E-state index contributed by atoms with van der Waals surface area (Å²) in [7, 11) is 0. The van der Waals surface area contributed by atoms with Crippen molar-refractivity contribution < 1.29 is 23.4 Å². The molecule has 0 bridgehead atoms. The monoisotopic (exact) mass is 392 g/mol. The SMILES string of the molecule is O=C(O)CC=C[C@H]1CC[C@H]([C@H]2CC[C@H](c3ccc(OC(F)F)cc3)CC2)CC1. The Labute approximate surface area is 165 Å². The topological polar surface area (TPSA) is 46.5 Å². The molecule has 0 saturated heterocycles. The molecule has 2 saturated carbocycles. The predicted molar refractivity (Wildman–Crippen MR) is 105 cm³/mol. The van der Waals surface area contributed by atoms with Crippen LogP contribution in [0.3, 0.4) is 0 Å². The molecule has 5 heteroatoms. The van der Waals surface area contributed by atoms with Crippen LogP contribution in [0.5, 0.6) is 5.75 Å². The highest BCUT2D eigenvalue weighted by molar-refractivity contribution is 5.68. The van der Waals surface area contributed by atoms with Gasteiger partial charge in [-0.1, -0.05) is 24.3 Å². The molecule has 0 heterocycles. The minimum absolute atomic E-state index is 0.124. The van der Waals surface area contributed by atoms with Gasteiger partial charge in [0, 0.05) is 0 Å². The maximum absolute atomic E-state index is 12.3. The van der Waals surface area contributed by atoms with Gasteiger partial charge in [-0.15, -0.1) is 0 Å². The number of alkyl halides is 2. The number of halogens is 2. The van der Waals surface area contributed by atoms with Gasteiger partial charge >= 0.3 is 12.6 Å². The summed E-state index contributed by atoms with van der Waals surface area (Å²) in [6, 6.07) is 7.15. The lowest BCUT2D eigenvalue weighted by atomic mass is 9.68. The van der Waals surface area contributed by atoms with Gasteiger partial charge in [-0.3, -0.25) is 4.79 Å². The minimum atomic E-state index is -2.77. The van der Waals surface area contributed by atoms with Crippen LogP contribution in [0.15, 0.2) is 36.4 Å². The smallest absolute Gasteiger partial charge is 0.387 e. The largest absolute Gasteiger partial charge is 0.481 e. The molecule has 0 unspecified atom stereocenters. The zero-order valence-corrected chi connectivity index (χ0v) is 16.2. The Morgan fingerprint density at radius 1 is 1.00 bits per heavy atom. The summed E-state index contributed by atoms with van der Waals surface area (Å²) in [6.07, 6.45) is 13.7. The Kier molecular flexibility index (Phi) is 7.46. The average molecular weight is 392 g/mol. The van der Waals surface area contributed by atoms with Crippen molar-refractivity contribution in [2.24, 2.45) is 17.8 Å². The van der Waals surface area contributed by atoms with Crippen LogP contribution in [-0.4, -0.2) is 17.7 Å². The first kappa shape index (κ1) is 20.8. The molecular weight excluding hydrogens is 362 g/mol. The van der Waals surface area contributed by atoms with Crippen LogP contribution < -0.4 is 4.74 Å². The molecule has 1 N–H and O–H groups in total. The Hall–Kier alpha value is -1.91. The summed E-state index contributed by atoms with van der Waals surface area (Å²) in [6.45, 7) is -2.77. The van der Waals surface area contributed by atoms with Gasteiger partial charge in [-0.25, -0.2) is 0 Å². The third kappa shape index (κ3) is 6.05. The zero-order valence-electron chi connectivity index (χ0n) is 16.2. The van der Waals surface area contributed by atoms with E-state index in [2.05, 4.69) is 10.8 Å². The molecular formula is C23H30F2O3. The summed E-state index contributed by atoms with van der Waals surface area (Å²) in [5.74, 6) is 2.11. The van der Waals surface area contributed by atoms with Crippen LogP contribution >= 0.6 is 0 Å². The molecule has 3 rings (SSSR count).